The molecule has 1 rings (SSSR count). The van der Waals surface area contributed by atoms with Crippen LogP contribution in [0.5, 0.6) is 0 Å². The van der Waals surface area contributed by atoms with Gasteiger partial charge in [0.2, 0.25) is 0 Å². The number of halogens is 3. The molecule has 0 aliphatic carbocycles. The molecule has 3 nitrogen and oxygen atoms in total. The molecule has 0 aliphatic rings. The molecule has 1 heterocycles. The number of alkyl halides is 3. The molecule has 0 saturated heterocycles. The summed E-state index contributed by atoms with van der Waals surface area (Å²) in [6.45, 7) is -0.429. The van der Waals surface area contributed by atoms with Gasteiger partial charge >= 0.3 is 6.18 Å². The Balaban J connectivity index is 2.42. The first-order valence-corrected chi connectivity index (χ1v) is 4.58. The molecule has 0 saturated carbocycles. The van der Waals surface area contributed by atoms with Crippen LogP contribution in [0.4, 0.5) is 13.2 Å². The number of aryl methyl sites for hydroxylation is 1. The maximum Gasteiger partial charge on any atom is 0.408 e. The molecule has 0 unspecified atom stereocenters. The van der Waals surface area contributed by atoms with Crippen molar-refractivity contribution in [2.24, 2.45) is 0 Å². The molecule has 0 aromatic carbocycles. The summed E-state index contributed by atoms with van der Waals surface area (Å²) >= 11 is 0. The highest BCUT2D eigenvalue weighted by Crippen LogP contribution is 2.17. The van der Waals surface area contributed by atoms with Gasteiger partial charge in [0.1, 0.15) is 6.54 Å². The topological polar surface area (TPSA) is 27.1 Å². The summed E-state index contributed by atoms with van der Waals surface area (Å²) < 4.78 is 41.7. The number of aromatic nitrogens is 2. The molecule has 1 aromatic heterocycles. The molecule has 6 heteroatoms. The van der Waals surface area contributed by atoms with Crippen LogP contribution in [0, 0.1) is 0 Å². The van der Waals surface area contributed by atoms with Gasteiger partial charge < -0.3 is 4.74 Å². The summed E-state index contributed by atoms with van der Waals surface area (Å²) in [4.78, 5) is 0. The average Bonchev–Trinajstić information content (AvgIpc) is 2.50. The smallest absolute Gasteiger partial charge is 0.385 e. The van der Waals surface area contributed by atoms with Crippen molar-refractivity contribution >= 4 is 0 Å². The summed E-state index contributed by atoms with van der Waals surface area (Å²) in [5.41, 5.74) is 0.802. The van der Waals surface area contributed by atoms with Crippen molar-refractivity contribution < 1.29 is 17.9 Å². The number of hydrogen-bond acceptors (Lipinski definition) is 2. The summed E-state index contributed by atoms with van der Waals surface area (Å²) in [6, 6.07) is 0. The second-order valence-corrected chi connectivity index (χ2v) is 3.26. The minimum Gasteiger partial charge on any atom is -0.385 e. The number of ether oxygens (including phenoxy) is 1. The molecule has 0 atom stereocenters. The molecule has 0 aliphatic heterocycles. The normalized spacial score (nSPS) is 12.0. The third-order valence-corrected chi connectivity index (χ3v) is 1.84. The molecule has 0 N–H and O–H groups in total. The fourth-order valence-corrected chi connectivity index (χ4v) is 1.23. The van der Waals surface area contributed by atoms with Crippen LogP contribution in [-0.2, 0) is 17.7 Å². The Labute approximate surface area is 85.8 Å². The first-order chi connectivity index (χ1) is 7.01. The van der Waals surface area contributed by atoms with Crippen molar-refractivity contribution in [1.29, 1.82) is 0 Å². The van der Waals surface area contributed by atoms with Gasteiger partial charge in [0, 0.05) is 19.9 Å². The standard InChI is InChI=1S/C9H13F3N2O/c1-15-4-2-3-8-5-13-14(6-8)7-9(10,11)12/h5-6H,2-4,7H2,1H3. The van der Waals surface area contributed by atoms with Crippen LogP contribution in [0.2, 0.25) is 0 Å². The number of hydrogen-bond donors (Lipinski definition) is 0. The van der Waals surface area contributed by atoms with Crippen molar-refractivity contribution in [2.45, 2.75) is 25.6 Å². The van der Waals surface area contributed by atoms with E-state index in [1.165, 1.54) is 12.4 Å². The zero-order valence-corrected chi connectivity index (χ0v) is 8.42. The van der Waals surface area contributed by atoms with E-state index in [-0.39, 0.29) is 0 Å². The summed E-state index contributed by atoms with van der Waals surface area (Å²) in [7, 11) is 1.59. The highest BCUT2D eigenvalue weighted by atomic mass is 19.4. The Morgan fingerprint density at radius 2 is 2.20 bits per heavy atom. The fourth-order valence-electron chi connectivity index (χ4n) is 1.23. The predicted molar refractivity (Wildman–Crippen MR) is 48.5 cm³/mol. The van der Waals surface area contributed by atoms with E-state index in [9.17, 15) is 13.2 Å². The lowest BCUT2D eigenvalue weighted by Gasteiger charge is -2.05. The second-order valence-electron chi connectivity index (χ2n) is 3.26. The van der Waals surface area contributed by atoms with E-state index >= 15 is 0 Å². The molecular formula is C9H13F3N2O. The summed E-state index contributed by atoms with van der Waals surface area (Å²) in [5.74, 6) is 0. The molecule has 0 bridgehead atoms. The van der Waals surface area contributed by atoms with Crippen molar-refractivity contribution in [3.05, 3.63) is 18.0 Å². The molecule has 86 valence electrons. The highest BCUT2D eigenvalue weighted by Gasteiger charge is 2.28. The monoisotopic (exact) mass is 222 g/mol. The van der Waals surface area contributed by atoms with Crippen LogP contribution >= 0.6 is 0 Å². The lowest BCUT2D eigenvalue weighted by molar-refractivity contribution is -0.142. The zero-order chi connectivity index (χ0) is 11.3. The zero-order valence-electron chi connectivity index (χ0n) is 8.42. The lowest BCUT2D eigenvalue weighted by Crippen LogP contribution is -2.17. The molecule has 15 heavy (non-hydrogen) atoms. The van der Waals surface area contributed by atoms with E-state index in [0.29, 0.717) is 13.0 Å². The van der Waals surface area contributed by atoms with Gasteiger partial charge in [-0.2, -0.15) is 18.3 Å². The largest absolute Gasteiger partial charge is 0.408 e. The van der Waals surface area contributed by atoms with Gasteiger partial charge in [-0.25, -0.2) is 0 Å². The third-order valence-electron chi connectivity index (χ3n) is 1.84. The Morgan fingerprint density at radius 3 is 2.80 bits per heavy atom. The van der Waals surface area contributed by atoms with Gasteiger partial charge in [-0.1, -0.05) is 0 Å². The van der Waals surface area contributed by atoms with Gasteiger partial charge in [0.25, 0.3) is 0 Å². The van der Waals surface area contributed by atoms with E-state index in [1.54, 1.807) is 7.11 Å². The predicted octanol–water partition coefficient (Wildman–Crippen LogP) is 2.02. The maximum atomic E-state index is 12.0. The quantitative estimate of drug-likeness (QED) is 0.713. The van der Waals surface area contributed by atoms with E-state index in [2.05, 4.69) is 5.10 Å². The highest BCUT2D eigenvalue weighted by molar-refractivity contribution is 5.03. The molecule has 0 spiro atoms. The van der Waals surface area contributed by atoms with Crippen LogP contribution in [-0.4, -0.2) is 29.7 Å². The first-order valence-electron chi connectivity index (χ1n) is 4.58. The van der Waals surface area contributed by atoms with Gasteiger partial charge in [0.05, 0.1) is 6.20 Å². The SMILES string of the molecule is COCCCc1cnn(CC(F)(F)F)c1. The van der Waals surface area contributed by atoms with Gasteiger partial charge in [-0.3, -0.25) is 4.68 Å². The van der Waals surface area contributed by atoms with Crippen LogP contribution in [0.15, 0.2) is 12.4 Å². The third kappa shape index (κ3) is 4.83. The van der Waals surface area contributed by atoms with Crippen molar-refractivity contribution in [1.82, 2.24) is 9.78 Å². The minimum absolute atomic E-state index is 0.602. The molecule has 1 aromatic rings. The second kappa shape index (κ2) is 5.16. The van der Waals surface area contributed by atoms with Crippen LogP contribution in [0.25, 0.3) is 0 Å². The Kier molecular flexibility index (Phi) is 4.14. The van der Waals surface area contributed by atoms with Gasteiger partial charge in [-0.15, -0.1) is 0 Å². The van der Waals surface area contributed by atoms with Crippen molar-refractivity contribution in [2.75, 3.05) is 13.7 Å². The maximum absolute atomic E-state index is 12.0. The van der Waals surface area contributed by atoms with E-state index < -0.39 is 12.7 Å². The number of nitrogens with zero attached hydrogens (tertiary/aromatic N) is 2. The number of rotatable bonds is 5. The van der Waals surface area contributed by atoms with E-state index in [0.717, 1.165) is 16.7 Å². The lowest BCUT2D eigenvalue weighted by atomic mass is 10.2. The van der Waals surface area contributed by atoms with Gasteiger partial charge in [-0.05, 0) is 18.4 Å². The van der Waals surface area contributed by atoms with Crippen molar-refractivity contribution in [3.63, 3.8) is 0 Å². The van der Waals surface area contributed by atoms with E-state index in [1.807, 2.05) is 0 Å². The fraction of sp³-hybridized carbons (Fsp3) is 0.667. The minimum atomic E-state index is -4.21. The number of methoxy groups -OCH3 is 1. The summed E-state index contributed by atoms with van der Waals surface area (Å²) in [5, 5.41) is 3.64. The summed E-state index contributed by atoms with van der Waals surface area (Å²) in [6.07, 6.45) is 0.139. The average molecular weight is 222 g/mol. The van der Waals surface area contributed by atoms with Crippen LogP contribution < -0.4 is 0 Å². The Hall–Kier alpha value is -1.04. The molecule has 0 fully saturated rings. The van der Waals surface area contributed by atoms with Gasteiger partial charge in [0.15, 0.2) is 0 Å². The Bertz CT molecular complexity index is 296. The van der Waals surface area contributed by atoms with Crippen molar-refractivity contribution in [3.8, 4) is 0 Å². The first kappa shape index (κ1) is 12.0. The Morgan fingerprint density at radius 1 is 1.47 bits per heavy atom. The van der Waals surface area contributed by atoms with E-state index in [4.69, 9.17) is 4.74 Å². The molecule has 0 radical (unpaired) electrons. The van der Waals surface area contributed by atoms with Crippen LogP contribution in [0.3, 0.4) is 0 Å². The molecule has 0 amide bonds. The van der Waals surface area contributed by atoms with Crippen LogP contribution in [0.1, 0.15) is 12.0 Å². The molecular weight excluding hydrogens is 209 g/mol.